The van der Waals surface area contributed by atoms with E-state index >= 15 is 0 Å². The molecule has 0 bridgehead atoms. The number of aromatic nitrogens is 2. The van der Waals surface area contributed by atoms with Crippen LogP contribution in [0.2, 0.25) is 0 Å². The van der Waals surface area contributed by atoms with E-state index in [9.17, 15) is 13.2 Å². The van der Waals surface area contributed by atoms with E-state index in [1.54, 1.807) is 6.07 Å². The van der Waals surface area contributed by atoms with E-state index in [0.717, 1.165) is 22.8 Å². The van der Waals surface area contributed by atoms with Crippen molar-refractivity contribution in [3.05, 3.63) is 41.1 Å². The van der Waals surface area contributed by atoms with Crippen molar-refractivity contribution in [3.63, 3.8) is 0 Å². The number of hydrogen-bond acceptors (Lipinski definition) is 1. The first kappa shape index (κ1) is 12.7. The van der Waals surface area contributed by atoms with E-state index in [1.807, 2.05) is 26.0 Å². The minimum Gasteiger partial charge on any atom is -0.267 e. The fraction of sp³-hybridized carbons (Fsp3) is 0.308. The molecule has 96 valence electrons. The highest BCUT2D eigenvalue weighted by molar-refractivity contribution is 5.65. The van der Waals surface area contributed by atoms with Crippen molar-refractivity contribution in [2.45, 2.75) is 20.0 Å². The molecule has 0 N–H and O–H groups in total. The molecule has 18 heavy (non-hydrogen) atoms. The molecule has 0 saturated heterocycles. The summed E-state index contributed by atoms with van der Waals surface area (Å²) in [5.41, 5.74) is 2.40. The van der Waals surface area contributed by atoms with Crippen LogP contribution in [0.15, 0.2) is 24.3 Å². The van der Waals surface area contributed by atoms with Gasteiger partial charge in [0, 0.05) is 12.6 Å². The Morgan fingerprint density at radius 1 is 1.17 bits per heavy atom. The van der Waals surface area contributed by atoms with Crippen molar-refractivity contribution < 1.29 is 13.2 Å². The Bertz CT molecular complexity index is 582. The molecule has 2 rings (SSSR count). The highest BCUT2D eigenvalue weighted by Crippen LogP contribution is 2.32. The van der Waals surface area contributed by atoms with Crippen LogP contribution in [0.5, 0.6) is 0 Å². The molecule has 0 saturated carbocycles. The van der Waals surface area contributed by atoms with Crippen molar-refractivity contribution in [3.8, 4) is 11.3 Å². The lowest BCUT2D eigenvalue weighted by Crippen LogP contribution is -2.06. The lowest BCUT2D eigenvalue weighted by atomic mass is 10.0. The summed E-state index contributed by atoms with van der Waals surface area (Å²) in [5.74, 6) is 0. The van der Waals surface area contributed by atoms with Crippen LogP contribution in [0, 0.1) is 13.8 Å². The first-order chi connectivity index (χ1) is 8.30. The third-order valence-corrected chi connectivity index (χ3v) is 3.05. The van der Waals surface area contributed by atoms with Crippen LogP contribution in [0.3, 0.4) is 0 Å². The minimum absolute atomic E-state index is 0.475. The van der Waals surface area contributed by atoms with Gasteiger partial charge in [0.1, 0.15) is 0 Å². The molecule has 0 spiro atoms. The Kier molecular flexibility index (Phi) is 2.92. The highest BCUT2D eigenvalue weighted by Gasteiger charge is 2.34. The van der Waals surface area contributed by atoms with Gasteiger partial charge in [0.15, 0.2) is 5.69 Å². The summed E-state index contributed by atoms with van der Waals surface area (Å²) in [5, 5.41) is 3.52. The molecule has 2 nitrogen and oxygen atoms in total. The quantitative estimate of drug-likeness (QED) is 0.758. The lowest BCUT2D eigenvalue weighted by molar-refractivity contribution is -0.141. The summed E-state index contributed by atoms with van der Waals surface area (Å²) in [6.45, 7) is 3.82. The standard InChI is InChI=1S/C13H13F3N2/c1-8-5-4-6-10(9(8)2)11-7-12(13(14,15)16)17-18(11)3/h4-7H,1-3H3. The molecular formula is C13H13F3N2. The molecule has 5 heteroatoms. The third-order valence-electron chi connectivity index (χ3n) is 3.05. The normalized spacial score (nSPS) is 11.9. The molecule has 0 aliphatic carbocycles. The maximum atomic E-state index is 12.6. The van der Waals surface area contributed by atoms with Crippen LogP contribution in [0.4, 0.5) is 13.2 Å². The number of aryl methyl sites for hydroxylation is 2. The van der Waals surface area contributed by atoms with Gasteiger partial charge in [-0.15, -0.1) is 0 Å². The summed E-state index contributed by atoms with van der Waals surface area (Å²) < 4.78 is 39.1. The van der Waals surface area contributed by atoms with E-state index in [4.69, 9.17) is 0 Å². The molecule has 1 aromatic carbocycles. The Balaban J connectivity index is 2.58. The Labute approximate surface area is 103 Å². The minimum atomic E-state index is -4.41. The van der Waals surface area contributed by atoms with Crippen LogP contribution >= 0.6 is 0 Å². The first-order valence-corrected chi connectivity index (χ1v) is 5.48. The van der Waals surface area contributed by atoms with Gasteiger partial charge in [-0.25, -0.2) is 0 Å². The zero-order valence-electron chi connectivity index (χ0n) is 10.3. The summed E-state index contributed by atoms with van der Waals surface area (Å²) in [6.07, 6.45) is -4.41. The van der Waals surface area contributed by atoms with Gasteiger partial charge in [-0.1, -0.05) is 18.2 Å². The molecular weight excluding hydrogens is 241 g/mol. The predicted octanol–water partition coefficient (Wildman–Crippen LogP) is 3.72. The second-order valence-corrected chi connectivity index (χ2v) is 4.28. The first-order valence-electron chi connectivity index (χ1n) is 5.48. The van der Waals surface area contributed by atoms with Crippen LogP contribution in [0.25, 0.3) is 11.3 Å². The number of alkyl halides is 3. The van der Waals surface area contributed by atoms with E-state index in [1.165, 1.54) is 11.7 Å². The molecule has 1 heterocycles. The molecule has 0 aliphatic heterocycles. The average molecular weight is 254 g/mol. The van der Waals surface area contributed by atoms with Gasteiger partial charge in [0.05, 0.1) is 5.69 Å². The topological polar surface area (TPSA) is 17.8 Å². The maximum Gasteiger partial charge on any atom is 0.435 e. The molecule has 0 aliphatic rings. The predicted molar refractivity (Wildman–Crippen MR) is 63.1 cm³/mol. The van der Waals surface area contributed by atoms with E-state index in [0.29, 0.717) is 5.69 Å². The number of rotatable bonds is 1. The number of benzene rings is 1. The smallest absolute Gasteiger partial charge is 0.267 e. The van der Waals surface area contributed by atoms with Gasteiger partial charge in [0.2, 0.25) is 0 Å². The Morgan fingerprint density at radius 2 is 1.83 bits per heavy atom. The van der Waals surface area contributed by atoms with Gasteiger partial charge in [-0.3, -0.25) is 4.68 Å². The van der Waals surface area contributed by atoms with Crippen molar-refractivity contribution in [2.24, 2.45) is 7.05 Å². The largest absolute Gasteiger partial charge is 0.435 e. The van der Waals surface area contributed by atoms with E-state index in [-0.39, 0.29) is 0 Å². The van der Waals surface area contributed by atoms with Crippen LogP contribution in [0.1, 0.15) is 16.8 Å². The number of halogens is 3. The molecule has 0 amide bonds. The van der Waals surface area contributed by atoms with Crippen LogP contribution < -0.4 is 0 Å². The summed E-state index contributed by atoms with van der Waals surface area (Å²) in [4.78, 5) is 0. The average Bonchev–Trinajstić information content (AvgIpc) is 2.64. The van der Waals surface area contributed by atoms with Crippen LogP contribution in [-0.4, -0.2) is 9.78 Å². The molecule has 1 aromatic heterocycles. The second-order valence-electron chi connectivity index (χ2n) is 4.28. The molecule has 0 atom stereocenters. The van der Waals surface area contributed by atoms with Gasteiger partial charge in [0.25, 0.3) is 0 Å². The van der Waals surface area contributed by atoms with Crippen LogP contribution in [-0.2, 0) is 13.2 Å². The zero-order chi connectivity index (χ0) is 13.5. The van der Waals surface area contributed by atoms with Gasteiger partial charge in [-0.2, -0.15) is 18.3 Å². The summed E-state index contributed by atoms with van der Waals surface area (Å²) in [7, 11) is 1.52. The van der Waals surface area contributed by atoms with Crippen molar-refractivity contribution >= 4 is 0 Å². The zero-order valence-corrected chi connectivity index (χ0v) is 10.3. The molecule has 0 fully saturated rings. The highest BCUT2D eigenvalue weighted by atomic mass is 19.4. The van der Waals surface area contributed by atoms with Gasteiger partial charge in [-0.05, 0) is 31.0 Å². The van der Waals surface area contributed by atoms with E-state index in [2.05, 4.69) is 5.10 Å². The number of hydrogen-bond donors (Lipinski definition) is 0. The SMILES string of the molecule is Cc1cccc(-c2cc(C(F)(F)F)nn2C)c1C. The second kappa shape index (κ2) is 4.15. The Morgan fingerprint density at radius 3 is 2.39 bits per heavy atom. The maximum absolute atomic E-state index is 12.6. The fourth-order valence-corrected chi connectivity index (χ4v) is 1.89. The van der Waals surface area contributed by atoms with Gasteiger partial charge >= 0.3 is 6.18 Å². The monoisotopic (exact) mass is 254 g/mol. The molecule has 0 unspecified atom stereocenters. The third kappa shape index (κ3) is 2.12. The molecule has 0 radical (unpaired) electrons. The van der Waals surface area contributed by atoms with Crippen molar-refractivity contribution in [1.29, 1.82) is 0 Å². The lowest BCUT2D eigenvalue weighted by Gasteiger charge is -2.08. The van der Waals surface area contributed by atoms with Crippen molar-refractivity contribution in [1.82, 2.24) is 9.78 Å². The van der Waals surface area contributed by atoms with E-state index < -0.39 is 11.9 Å². The molecule has 2 aromatic rings. The van der Waals surface area contributed by atoms with Gasteiger partial charge < -0.3 is 0 Å². The fourth-order valence-electron chi connectivity index (χ4n) is 1.89. The summed E-state index contributed by atoms with van der Waals surface area (Å²) >= 11 is 0. The number of nitrogens with zero attached hydrogens (tertiary/aromatic N) is 2. The Hall–Kier alpha value is -1.78. The van der Waals surface area contributed by atoms with Crippen molar-refractivity contribution in [2.75, 3.05) is 0 Å². The summed E-state index contributed by atoms with van der Waals surface area (Å²) in [6, 6.07) is 6.65.